The van der Waals surface area contributed by atoms with E-state index >= 15 is 0 Å². The van der Waals surface area contributed by atoms with Crippen LogP contribution in [-0.4, -0.2) is 15.3 Å². The molecule has 1 aromatic rings. The van der Waals surface area contributed by atoms with E-state index in [0.717, 1.165) is 11.6 Å². The minimum atomic E-state index is -4.23. The second-order valence-electron chi connectivity index (χ2n) is 3.28. The molecule has 4 heteroatoms. The third-order valence-corrected chi connectivity index (χ3v) is 1.88. The van der Waals surface area contributed by atoms with Gasteiger partial charge in [-0.1, -0.05) is 32.0 Å². The van der Waals surface area contributed by atoms with Crippen LogP contribution in [0.1, 0.15) is 30.9 Å². The second-order valence-corrected chi connectivity index (χ2v) is 3.28. The van der Waals surface area contributed by atoms with Gasteiger partial charge in [-0.25, -0.2) is 0 Å². The van der Waals surface area contributed by atoms with Gasteiger partial charge in [0.15, 0.2) is 0 Å². The molecule has 0 aliphatic rings. The number of hydrogen-bond acceptors (Lipinski definition) is 0. The predicted octanol–water partition coefficient (Wildman–Crippen LogP) is 3.42. The maximum absolute atomic E-state index is 12.2. The molecule has 0 nitrogen and oxygen atoms in total. The molecule has 0 aliphatic heterocycles. The van der Waals surface area contributed by atoms with E-state index in [1.54, 1.807) is 6.07 Å². The Kier molecular flexibility index (Phi) is 5.45. The van der Waals surface area contributed by atoms with Crippen LogP contribution in [0.25, 0.3) is 0 Å². The fraction of sp³-hybridized carbons (Fsp3) is 0.364. The van der Waals surface area contributed by atoms with Gasteiger partial charge in [-0.15, -0.1) is 0 Å². The summed E-state index contributed by atoms with van der Waals surface area (Å²) in [4.78, 5) is 0. The van der Waals surface area contributed by atoms with Crippen LogP contribution in [0.4, 0.5) is 13.2 Å². The van der Waals surface area contributed by atoms with Crippen LogP contribution in [0, 0.1) is 0 Å². The molecule has 0 saturated heterocycles. The molecule has 0 aliphatic carbocycles. The normalized spacial score (nSPS) is 10.9. The SMILES string of the molecule is CC(C)c1cccc(C(F)(F)F)c1.[Be]=[CH2]. The Morgan fingerprint density at radius 3 is 2.13 bits per heavy atom. The summed E-state index contributed by atoms with van der Waals surface area (Å²) in [7, 11) is 3.00. The molecule has 0 fully saturated rings. The maximum atomic E-state index is 12.2. The predicted molar refractivity (Wildman–Crippen MR) is 58.4 cm³/mol. The second kappa shape index (κ2) is 5.82. The summed E-state index contributed by atoms with van der Waals surface area (Å²) < 4.78 is 36.7. The number of alkyl halides is 3. The molecule has 0 spiro atoms. The molecule has 0 unspecified atom stereocenters. The Balaban J connectivity index is 0.000000921. The summed E-state index contributed by atoms with van der Waals surface area (Å²) in [5, 5.41) is 0. The Morgan fingerprint density at radius 2 is 1.73 bits per heavy atom. The molecule has 15 heavy (non-hydrogen) atoms. The summed E-state index contributed by atoms with van der Waals surface area (Å²) >= 11 is 0. The fourth-order valence-electron chi connectivity index (χ4n) is 1.07. The van der Waals surface area contributed by atoms with Crippen LogP contribution in [0.2, 0.25) is 0 Å². The van der Waals surface area contributed by atoms with Crippen molar-refractivity contribution < 1.29 is 13.2 Å². The van der Waals surface area contributed by atoms with Gasteiger partial charge in [0, 0.05) is 0 Å². The molecule has 0 bridgehead atoms. The van der Waals surface area contributed by atoms with Crippen LogP contribution in [0.15, 0.2) is 24.3 Å². The van der Waals surface area contributed by atoms with Crippen molar-refractivity contribution in [3.05, 3.63) is 35.4 Å². The number of hydrogen-bond donors (Lipinski definition) is 0. The van der Waals surface area contributed by atoms with Crippen molar-refractivity contribution in [1.82, 2.24) is 0 Å². The average molecular weight is 211 g/mol. The van der Waals surface area contributed by atoms with Gasteiger partial charge >= 0.3 is 21.5 Å². The van der Waals surface area contributed by atoms with Crippen LogP contribution < -0.4 is 0 Å². The van der Waals surface area contributed by atoms with Crippen molar-refractivity contribution in [2.24, 2.45) is 0 Å². The van der Waals surface area contributed by atoms with E-state index in [-0.39, 0.29) is 5.92 Å². The van der Waals surface area contributed by atoms with Crippen molar-refractivity contribution in [2.45, 2.75) is 25.9 Å². The first kappa shape index (κ1) is 14.0. The van der Waals surface area contributed by atoms with Crippen molar-refractivity contribution in [1.29, 1.82) is 0 Å². The van der Waals surface area contributed by atoms with E-state index in [4.69, 9.17) is 0 Å². The standard InChI is InChI=1S/C10H11F3.CH2.Be/c1-7(2)8-4-3-5-9(6-8)10(11,12)13;;/h3-7H,1-2H3;1H2;. The zero-order valence-corrected chi connectivity index (χ0v) is 8.93. The van der Waals surface area contributed by atoms with Gasteiger partial charge in [0.2, 0.25) is 0 Å². The molecular formula is C11H13BeF3. The van der Waals surface area contributed by atoms with E-state index in [0.29, 0.717) is 0 Å². The van der Waals surface area contributed by atoms with E-state index < -0.39 is 11.7 Å². The first-order valence-corrected chi connectivity index (χ1v) is 4.58. The van der Waals surface area contributed by atoms with Crippen LogP contribution in [0.5, 0.6) is 0 Å². The average Bonchev–Trinajstić information content (AvgIpc) is 2.20. The van der Waals surface area contributed by atoms with Gasteiger partial charge in [0.25, 0.3) is 0 Å². The van der Waals surface area contributed by atoms with E-state index in [1.807, 2.05) is 13.8 Å². The van der Waals surface area contributed by atoms with Crippen LogP contribution in [0.3, 0.4) is 0 Å². The van der Waals surface area contributed by atoms with Gasteiger partial charge in [-0.2, -0.15) is 13.2 Å². The molecule has 0 saturated carbocycles. The first-order valence-electron chi connectivity index (χ1n) is 4.58. The van der Waals surface area contributed by atoms with E-state index in [9.17, 15) is 13.2 Å². The fourth-order valence-corrected chi connectivity index (χ4v) is 1.07. The molecule has 1 aromatic carbocycles. The van der Waals surface area contributed by atoms with Crippen molar-refractivity contribution >= 4 is 15.3 Å². The molecule has 0 N–H and O–H groups in total. The third-order valence-electron chi connectivity index (χ3n) is 1.88. The summed E-state index contributed by atoms with van der Waals surface area (Å²) in [6.45, 7) is 3.74. The zero-order valence-electron chi connectivity index (χ0n) is 8.93. The monoisotopic (exact) mass is 211 g/mol. The van der Waals surface area contributed by atoms with Gasteiger partial charge in [-0.3, -0.25) is 0 Å². The molecular weight excluding hydrogens is 198 g/mol. The van der Waals surface area contributed by atoms with Crippen LogP contribution in [-0.2, 0) is 6.18 Å². The number of benzene rings is 1. The van der Waals surface area contributed by atoms with Gasteiger partial charge in [-0.05, 0) is 17.5 Å². The van der Waals surface area contributed by atoms with Crippen molar-refractivity contribution in [3.8, 4) is 0 Å². The first-order chi connectivity index (χ1) is 6.91. The topological polar surface area (TPSA) is 0 Å². The van der Waals surface area contributed by atoms with Crippen molar-refractivity contribution in [2.75, 3.05) is 0 Å². The van der Waals surface area contributed by atoms with Gasteiger partial charge in [0.1, 0.15) is 0 Å². The Morgan fingerprint density at radius 1 is 1.20 bits per heavy atom. The molecule has 0 heterocycles. The molecule has 0 aromatic heterocycles. The van der Waals surface area contributed by atoms with Crippen LogP contribution >= 0.6 is 0 Å². The number of halogens is 3. The summed E-state index contributed by atoms with van der Waals surface area (Å²) in [6.07, 6.45) is -1.23. The molecule has 0 radical (unpaired) electrons. The van der Waals surface area contributed by atoms with Crippen molar-refractivity contribution in [3.63, 3.8) is 0 Å². The minimum absolute atomic E-state index is 0.127. The quantitative estimate of drug-likeness (QED) is 0.624. The molecule has 80 valence electrons. The Labute approximate surface area is 90.5 Å². The summed E-state index contributed by atoms with van der Waals surface area (Å²) in [6, 6.07) is 5.44. The van der Waals surface area contributed by atoms with E-state index in [2.05, 4.69) is 15.3 Å². The summed E-state index contributed by atoms with van der Waals surface area (Å²) in [5.41, 5.74) is 0.147. The molecule has 0 amide bonds. The summed E-state index contributed by atoms with van der Waals surface area (Å²) in [5.74, 6) is 0.127. The van der Waals surface area contributed by atoms with Gasteiger partial charge in [0.05, 0.1) is 5.56 Å². The zero-order chi connectivity index (χ0) is 12.1. The number of rotatable bonds is 1. The Hall–Kier alpha value is -0.951. The van der Waals surface area contributed by atoms with Gasteiger partial charge < -0.3 is 0 Å². The molecule has 1 rings (SSSR count). The van der Waals surface area contributed by atoms with E-state index in [1.165, 1.54) is 12.1 Å². The Bertz CT molecular complexity index is 305. The third kappa shape index (κ3) is 4.39. The molecule has 0 atom stereocenters.